The summed E-state index contributed by atoms with van der Waals surface area (Å²) in [6, 6.07) is 2.94. The fourth-order valence-corrected chi connectivity index (χ4v) is 1.51. The number of rotatable bonds is 4. The molecule has 0 spiro atoms. The van der Waals surface area contributed by atoms with Crippen molar-refractivity contribution in [1.82, 2.24) is 0 Å². The predicted molar refractivity (Wildman–Crippen MR) is 54.2 cm³/mol. The van der Waals surface area contributed by atoms with Crippen LogP contribution in [0.4, 0.5) is 8.78 Å². The van der Waals surface area contributed by atoms with Crippen LogP contribution in [0, 0.1) is 6.92 Å². The number of halogens is 3. The smallest absolute Gasteiger partial charge is 0.387 e. The average molecular weight is 251 g/mol. The molecule has 0 fully saturated rings. The first-order valence-corrected chi connectivity index (χ1v) is 4.74. The Labute approximate surface area is 95.6 Å². The van der Waals surface area contributed by atoms with Gasteiger partial charge >= 0.3 is 12.6 Å². The number of alkyl halides is 2. The molecule has 1 aromatic carbocycles. The van der Waals surface area contributed by atoms with Gasteiger partial charge in [-0.05, 0) is 18.6 Å². The van der Waals surface area contributed by atoms with Gasteiger partial charge in [0.1, 0.15) is 5.75 Å². The number of carbonyl (C=O) groups is 1. The molecule has 0 radical (unpaired) electrons. The summed E-state index contributed by atoms with van der Waals surface area (Å²) in [6.07, 6.45) is -0.408. The van der Waals surface area contributed by atoms with E-state index >= 15 is 0 Å². The normalized spacial score (nSPS) is 10.6. The lowest BCUT2D eigenvalue weighted by Gasteiger charge is -2.13. The minimum Gasteiger partial charge on any atom is -0.481 e. The molecule has 0 amide bonds. The van der Waals surface area contributed by atoms with E-state index in [0.29, 0.717) is 5.56 Å². The van der Waals surface area contributed by atoms with Crippen molar-refractivity contribution in [1.29, 1.82) is 0 Å². The number of hydrogen-bond donors (Lipinski definition) is 1. The second kappa shape index (κ2) is 5.12. The Morgan fingerprint density at radius 3 is 2.69 bits per heavy atom. The first-order chi connectivity index (χ1) is 7.41. The Hall–Kier alpha value is -1.36. The third-order valence-electron chi connectivity index (χ3n) is 1.98. The van der Waals surface area contributed by atoms with Gasteiger partial charge in [0.2, 0.25) is 0 Å². The summed E-state index contributed by atoms with van der Waals surface area (Å²) in [5, 5.41) is 8.63. The monoisotopic (exact) mass is 250 g/mol. The lowest BCUT2D eigenvalue weighted by molar-refractivity contribution is -0.136. The zero-order chi connectivity index (χ0) is 12.3. The maximum atomic E-state index is 12.1. The SMILES string of the molecule is Cc1ccc(Cl)c(OC(F)F)c1CC(=O)O. The van der Waals surface area contributed by atoms with Crippen molar-refractivity contribution in [2.45, 2.75) is 20.0 Å². The molecule has 0 aliphatic rings. The molecule has 0 aliphatic heterocycles. The summed E-state index contributed by atoms with van der Waals surface area (Å²) in [6.45, 7) is -1.43. The number of aryl methyl sites for hydroxylation is 1. The fourth-order valence-electron chi connectivity index (χ4n) is 1.29. The molecule has 3 nitrogen and oxygen atoms in total. The standard InChI is InChI=1S/C10H9ClF2O3/c1-5-2-3-7(11)9(16-10(12)13)6(5)4-8(14)15/h2-3,10H,4H2,1H3,(H,14,15). The quantitative estimate of drug-likeness (QED) is 0.894. The van der Waals surface area contributed by atoms with Crippen molar-refractivity contribution in [2.24, 2.45) is 0 Å². The Morgan fingerprint density at radius 2 is 2.19 bits per heavy atom. The van der Waals surface area contributed by atoms with Gasteiger partial charge in [-0.25, -0.2) is 0 Å². The van der Waals surface area contributed by atoms with Gasteiger partial charge in [0, 0.05) is 5.56 Å². The third kappa shape index (κ3) is 3.06. The molecule has 6 heteroatoms. The van der Waals surface area contributed by atoms with Crippen LogP contribution in [-0.4, -0.2) is 17.7 Å². The number of carboxylic acids is 1. The minimum absolute atomic E-state index is 0.0258. The number of hydrogen-bond acceptors (Lipinski definition) is 2. The topological polar surface area (TPSA) is 46.5 Å². The van der Waals surface area contributed by atoms with Crippen molar-refractivity contribution in [2.75, 3.05) is 0 Å². The van der Waals surface area contributed by atoms with Gasteiger partial charge in [-0.3, -0.25) is 4.79 Å². The lowest BCUT2D eigenvalue weighted by Crippen LogP contribution is -2.09. The van der Waals surface area contributed by atoms with Crippen LogP contribution in [-0.2, 0) is 11.2 Å². The molecule has 0 aromatic heterocycles. The molecule has 0 saturated carbocycles. The van der Waals surface area contributed by atoms with Gasteiger partial charge in [0.15, 0.2) is 0 Å². The molecule has 0 aliphatic carbocycles. The van der Waals surface area contributed by atoms with E-state index in [1.807, 2.05) is 0 Å². The predicted octanol–water partition coefficient (Wildman–Crippen LogP) is 2.88. The van der Waals surface area contributed by atoms with E-state index in [1.165, 1.54) is 6.07 Å². The van der Waals surface area contributed by atoms with Gasteiger partial charge in [-0.15, -0.1) is 0 Å². The maximum Gasteiger partial charge on any atom is 0.387 e. The van der Waals surface area contributed by atoms with Crippen molar-refractivity contribution in [3.05, 3.63) is 28.3 Å². The number of carboxylic acid groups (broad SMARTS) is 1. The maximum absolute atomic E-state index is 12.1. The van der Waals surface area contributed by atoms with Crippen LogP contribution in [0.1, 0.15) is 11.1 Å². The Kier molecular flexibility index (Phi) is 4.06. The second-order valence-corrected chi connectivity index (χ2v) is 3.53. The second-order valence-electron chi connectivity index (χ2n) is 3.12. The molecule has 1 N–H and O–H groups in total. The largest absolute Gasteiger partial charge is 0.481 e. The van der Waals surface area contributed by atoms with Gasteiger partial charge in [0.05, 0.1) is 11.4 Å². The average Bonchev–Trinajstić information content (AvgIpc) is 2.16. The Balaban J connectivity index is 3.19. The van der Waals surface area contributed by atoms with Gasteiger partial charge < -0.3 is 9.84 Å². The van der Waals surface area contributed by atoms with E-state index in [4.69, 9.17) is 16.7 Å². The highest BCUT2D eigenvalue weighted by Crippen LogP contribution is 2.32. The van der Waals surface area contributed by atoms with Crippen molar-refractivity contribution >= 4 is 17.6 Å². The van der Waals surface area contributed by atoms with Crippen molar-refractivity contribution in [3.8, 4) is 5.75 Å². The van der Waals surface area contributed by atoms with E-state index in [-0.39, 0.29) is 16.3 Å². The Bertz CT molecular complexity index is 407. The van der Waals surface area contributed by atoms with Crippen LogP contribution >= 0.6 is 11.6 Å². The third-order valence-corrected chi connectivity index (χ3v) is 2.28. The summed E-state index contributed by atoms with van der Waals surface area (Å²) >= 11 is 5.68. The Morgan fingerprint density at radius 1 is 1.56 bits per heavy atom. The summed E-state index contributed by atoms with van der Waals surface area (Å²) in [5.74, 6) is -1.40. The van der Waals surface area contributed by atoms with Crippen molar-refractivity contribution in [3.63, 3.8) is 0 Å². The zero-order valence-electron chi connectivity index (χ0n) is 8.34. The summed E-state index contributed by atoms with van der Waals surface area (Å²) in [5.41, 5.74) is 0.711. The molecule has 1 rings (SSSR count). The molecule has 0 unspecified atom stereocenters. The first kappa shape index (κ1) is 12.7. The van der Waals surface area contributed by atoms with E-state index in [1.54, 1.807) is 13.0 Å². The van der Waals surface area contributed by atoms with E-state index < -0.39 is 19.0 Å². The zero-order valence-corrected chi connectivity index (χ0v) is 9.09. The molecule has 16 heavy (non-hydrogen) atoms. The highest BCUT2D eigenvalue weighted by Gasteiger charge is 2.17. The molecule has 0 heterocycles. The fraction of sp³-hybridized carbons (Fsp3) is 0.300. The highest BCUT2D eigenvalue weighted by atomic mass is 35.5. The highest BCUT2D eigenvalue weighted by molar-refractivity contribution is 6.32. The minimum atomic E-state index is -3.04. The van der Waals surface area contributed by atoms with E-state index in [9.17, 15) is 13.6 Å². The van der Waals surface area contributed by atoms with Crippen LogP contribution in [0.5, 0.6) is 5.75 Å². The van der Waals surface area contributed by atoms with Crippen LogP contribution in [0.2, 0.25) is 5.02 Å². The molecule has 0 saturated heterocycles. The first-order valence-electron chi connectivity index (χ1n) is 4.36. The number of benzene rings is 1. The van der Waals surface area contributed by atoms with Gasteiger partial charge in [0.25, 0.3) is 0 Å². The van der Waals surface area contributed by atoms with Crippen LogP contribution in [0.3, 0.4) is 0 Å². The van der Waals surface area contributed by atoms with Crippen LogP contribution < -0.4 is 4.74 Å². The van der Waals surface area contributed by atoms with Crippen LogP contribution in [0.15, 0.2) is 12.1 Å². The van der Waals surface area contributed by atoms with E-state index in [2.05, 4.69) is 4.74 Å². The molecule has 88 valence electrons. The van der Waals surface area contributed by atoms with Gasteiger partial charge in [-0.2, -0.15) is 8.78 Å². The molecule has 0 atom stereocenters. The molecule has 0 bridgehead atoms. The summed E-state index contributed by atoms with van der Waals surface area (Å²) in [4.78, 5) is 10.6. The van der Waals surface area contributed by atoms with Gasteiger partial charge in [-0.1, -0.05) is 17.7 Å². The van der Waals surface area contributed by atoms with Crippen molar-refractivity contribution < 1.29 is 23.4 Å². The van der Waals surface area contributed by atoms with Crippen LogP contribution in [0.25, 0.3) is 0 Å². The number of aliphatic carboxylic acids is 1. The van der Waals surface area contributed by atoms with E-state index in [0.717, 1.165) is 0 Å². The summed E-state index contributed by atoms with van der Waals surface area (Å²) in [7, 11) is 0. The molecular formula is C10H9ClF2O3. The lowest BCUT2D eigenvalue weighted by atomic mass is 10.0. The summed E-state index contributed by atoms with van der Waals surface area (Å²) < 4.78 is 28.5. The number of ether oxygens (including phenoxy) is 1. The molecule has 1 aromatic rings. The molecular weight excluding hydrogens is 242 g/mol.